The number of fused-ring (bicyclic) bond motifs is 2. The Morgan fingerprint density at radius 3 is 0.589 bits per heavy atom. The fourth-order valence-corrected chi connectivity index (χ4v) is 8.27. The van der Waals surface area contributed by atoms with Crippen LogP contribution >= 0.6 is 0 Å². The van der Waals surface area contributed by atoms with Gasteiger partial charge >= 0.3 is 0 Å². The fraction of sp³-hybridized carbons (Fsp3) is 0.0357. The van der Waals surface area contributed by atoms with E-state index < -0.39 is 10.8 Å². The van der Waals surface area contributed by atoms with E-state index in [1.54, 1.807) is 0 Å². The zero-order valence-electron chi connectivity index (χ0n) is 30.9. The quantitative estimate of drug-likeness (QED) is 0.0915. The molecule has 9 aromatic rings. The van der Waals surface area contributed by atoms with Crippen LogP contribution in [0.5, 0.6) is 0 Å². The first-order valence-electron chi connectivity index (χ1n) is 19.1. The van der Waals surface area contributed by atoms with E-state index in [1.807, 2.05) is 0 Å². The Hall–Kier alpha value is -7.38. The first-order chi connectivity index (χ1) is 27.8. The highest BCUT2D eigenvalue weighted by Gasteiger charge is 2.36. The maximum absolute atomic E-state index is 3.94. The molecule has 0 saturated carbocycles. The first kappa shape index (κ1) is 34.4. The lowest BCUT2D eigenvalue weighted by atomic mass is 9.69. The third-order valence-electron chi connectivity index (χ3n) is 10.9. The lowest BCUT2D eigenvalue weighted by Gasteiger charge is -2.31. The molecular formula is C56H38. The summed E-state index contributed by atoms with van der Waals surface area (Å²) in [6.07, 6.45) is 0. The molecule has 9 rings (SSSR count). The minimum absolute atomic E-state index is 0.717. The molecule has 56 heavy (non-hydrogen) atoms. The van der Waals surface area contributed by atoms with Gasteiger partial charge in [-0.15, -0.1) is 0 Å². The average molecular weight is 711 g/mol. The fourth-order valence-electron chi connectivity index (χ4n) is 8.27. The second-order valence-corrected chi connectivity index (χ2v) is 14.0. The van der Waals surface area contributed by atoms with Gasteiger partial charge in [-0.1, -0.05) is 254 Å². The van der Waals surface area contributed by atoms with E-state index in [9.17, 15) is 0 Å². The Bertz CT molecular complexity index is 2420. The summed E-state index contributed by atoms with van der Waals surface area (Å²) in [6.45, 7) is 0. The third kappa shape index (κ3) is 6.05. The summed E-state index contributed by atoms with van der Waals surface area (Å²) in [5, 5.41) is 4.32. The van der Waals surface area contributed by atoms with E-state index in [-0.39, 0.29) is 0 Å². The summed E-state index contributed by atoms with van der Waals surface area (Å²) < 4.78 is 0. The summed E-state index contributed by atoms with van der Waals surface area (Å²) in [4.78, 5) is 0. The second-order valence-electron chi connectivity index (χ2n) is 14.0. The maximum Gasteiger partial charge on any atom is 0.107 e. The Morgan fingerprint density at radius 1 is 0.214 bits per heavy atom. The van der Waals surface area contributed by atoms with E-state index in [0.717, 1.165) is 66.1 Å². The van der Waals surface area contributed by atoms with Crippen molar-refractivity contribution in [2.24, 2.45) is 0 Å². The molecular weight excluding hydrogens is 673 g/mol. The van der Waals surface area contributed by atoms with E-state index in [1.165, 1.54) is 0 Å². The molecule has 0 unspecified atom stereocenters. The van der Waals surface area contributed by atoms with Gasteiger partial charge in [0.25, 0.3) is 0 Å². The molecule has 262 valence electrons. The van der Waals surface area contributed by atoms with Crippen molar-refractivity contribution in [1.29, 1.82) is 0 Å². The predicted octanol–water partition coefficient (Wildman–Crippen LogP) is 12.8. The van der Waals surface area contributed by atoms with Gasteiger partial charge in [0.15, 0.2) is 0 Å². The molecule has 0 aliphatic rings. The minimum Gasteiger partial charge on any atom is -0.0764 e. The standard InChI is InChI=1S/C56H38/c1-7-23-43(24-8-1)55(44-25-9-2-10-26-44,45-27-11-3-12-28-45)41-39-53-49-35-19-21-37-51(49)54(52-38-22-20-36-50(52)53)40-42-56(46-29-13-4-14-30-46,47-31-15-5-16-32-47)48-33-17-6-18-34-48/h1-38H. The summed E-state index contributed by atoms with van der Waals surface area (Å²) in [6, 6.07) is 81.3. The van der Waals surface area contributed by atoms with Crippen molar-refractivity contribution in [3.05, 3.63) is 275 Å². The number of hydrogen-bond acceptors (Lipinski definition) is 0. The molecule has 0 nitrogen and oxygen atoms in total. The van der Waals surface area contributed by atoms with Gasteiger partial charge in [0.1, 0.15) is 10.8 Å². The van der Waals surface area contributed by atoms with Crippen LogP contribution in [-0.4, -0.2) is 0 Å². The zero-order valence-corrected chi connectivity index (χ0v) is 30.9. The summed E-state index contributed by atoms with van der Waals surface area (Å²) in [5.74, 6) is 15.6. The number of rotatable bonds is 6. The molecule has 0 amide bonds. The molecule has 9 aromatic carbocycles. The Balaban J connectivity index is 1.34. The van der Waals surface area contributed by atoms with Gasteiger partial charge in [-0.3, -0.25) is 0 Å². The van der Waals surface area contributed by atoms with Gasteiger partial charge < -0.3 is 0 Å². The third-order valence-corrected chi connectivity index (χ3v) is 10.9. The van der Waals surface area contributed by atoms with Crippen molar-refractivity contribution < 1.29 is 0 Å². The monoisotopic (exact) mass is 710 g/mol. The van der Waals surface area contributed by atoms with E-state index >= 15 is 0 Å². The molecule has 0 aliphatic carbocycles. The highest BCUT2D eigenvalue weighted by Crippen LogP contribution is 2.41. The van der Waals surface area contributed by atoms with Crippen LogP contribution in [-0.2, 0) is 10.8 Å². The lowest BCUT2D eigenvalue weighted by molar-refractivity contribution is 0.809. The molecule has 0 heteroatoms. The van der Waals surface area contributed by atoms with Gasteiger partial charge in [-0.2, -0.15) is 0 Å². The van der Waals surface area contributed by atoms with Crippen molar-refractivity contribution in [2.75, 3.05) is 0 Å². The van der Waals surface area contributed by atoms with Crippen LogP contribution in [0.4, 0.5) is 0 Å². The van der Waals surface area contributed by atoms with Crippen LogP contribution in [0.2, 0.25) is 0 Å². The van der Waals surface area contributed by atoms with Gasteiger partial charge in [0, 0.05) is 11.1 Å². The van der Waals surface area contributed by atoms with Crippen molar-refractivity contribution in [1.82, 2.24) is 0 Å². The molecule has 0 heterocycles. The van der Waals surface area contributed by atoms with Crippen LogP contribution < -0.4 is 0 Å². The Kier molecular flexibility index (Phi) is 9.31. The zero-order chi connectivity index (χ0) is 37.6. The molecule has 0 bridgehead atoms. The summed E-state index contributed by atoms with van der Waals surface area (Å²) in [5.41, 5.74) is 7.31. The Morgan fingerprint density at radius 2 is 0.393 bits per heavy atom. The highest BCUT2D eigenvalue weighted by molar-refractivity contribution is 6.10. The van der Waals surface area contributed by atoms with Crippen LogP contribution in [0.15, 0.2) is 231 Å². The number of hydrogen-bond donors (Lipinski definition) is 0. The minimum atomic E-state index is -0.717. The number of benzene rings is 9. The maximum atomic E-state index is 3.94. The normalized spacial score (nSPS) is 11.3. The van der Waals surface area contributed by atoms with E-state index in [2.05, 4.69) is 254 Å². The van der Waals surface area contributed by atoms with Crippen LogP contribution in [0, 0.1) is 23.7 Å². The Labute approximate surface area is 329 Å². The first-order valence-corrected chi connectivity index (χ1v) is 19.1. The van der Waals surface area contributed by atoms with Gasteiger partial charge in [-0.05, 0) is 54.9 Å². The SMILES string of the molecule is C(#CC(c1ccccc1)(c1ccccc1)c1ccccc1)c1c2ccccc2c(C#CC(c2ccccc2)(c2ccccc2)c2ccccc2)c2ccccc12. The topological polar surface area (TPSA) is 0 Å². The van der Waals surface area contributed by atoms with Gasteiger partial charge in [0.2, 0.25) is 0 Å². The van der Waals surface area contributed by atoms with Crippen LogP contribution in [0.1, 0.15) is 44.5 Å². The van der Waals surface area contributed by atoms with E-state index in [0.29, 0.717) is 0 Å². The molecule has 0 aliphatic heterocycles. The summed E-state index contributed by atoms with van der Waals surface area (Å²) in [7, 11) is 0. The second kappa shape index (κ2) is 15.2. The average Bonchev–Trinajstić information content (AvgIpc) is 3.29. The molecule has 0 saturated heterocycles. The molecule has 0 fully saturated rings. The van der Waals surface area contributed by atoms with Crippen molar-refractivity contribution in [3.8, 4) is 23.7 Å². The van der Waals surface area contributed by atoms with Gasteiger partial charge in [0.05, 0.1) is 0 Å². The van der Waals surface area contributed by atoms with Crippen LogP contribution in [0.25, 0.3) is 21.5 Å². The predicted molar refractivity (Wildman–Crippen MR) is 234 cm³/mol. The highest BCUT2D eigenvalue weighted by atomic mass is 14.4. The summed E-state index contributed by atoms with van der Waals surface area (Å²) >= 11 is 0. The van der Waals surface area contributed by atoms with E-state index in [4.69, 9.17) is 0 Å². The van der Waals surface area contributed by atoms with Gasteiger partial charge in [-0.25, -0.2) is 0 Å². The largest absolute Gasteiger partial charge is 0.107 e. The lowest BCUT2D eigenvalue weighted by Crippen LogP contribution is -2.27. The van der Waals surface area contributed by atoms with Crippen molar-refractivity contribution >= 4 is 21.5 Å². The van der Waals surface area contributed by atoms with Crippen molar-refractivity contribution in [2.45, 2.75) is 10.8 Å². The molecule has 0 spiro atoms. The molecule has 0 aromatic heterocycles. The molecule has 0 atom stereocenters. The smallest absolute Gasteiger partial charge is 0.0764 e. The molecule has 0 N–H and O–H groups in total. The van der Waals surface area contributed by atoms with Crippen molar-refractivity contribution in [3.63, 3.8) is 0 Å². The van der Waals surface area contributed by atoms with Crippen LogP contribution in [0.3, 0.4) is 0 Å². The molecule has 0 radical (unpaired) electrons.